The molecule has 140 valence electrons. The van der Waals surface area contributed by atoms with Crippen LogP contribution in [-0.4, -0.2) is 50.0 Å². The van der Waals surface area contributed by atoms with E-state index in [4.69, 9.17) is 14.2 Å². The SMILES string of the molecule is COc1cc(OC)c(OC)cc1C=NN1C(=O)NC2(CCCCC2)C1=O. The Morgan fingerprint density at radius 2 is 1.62 bits per heavy atom. The van der Waals surface area contributed by atoms with Crippen molar-refractivity contribution in [2.45, 2.75) is 37.6 Å². The van der Waals surface area contributed by atoms with Crippen LogP contribution in [0.15, 0.2) is 17.2 Å². The minimum Gasteiger partial charge on any atom is -0.496 e. The van der Waals surface area contributed by atoms with Gasteiger partial charge in [0.15, 0.2) is 11.5 Å². The average Bonchev–Trinajstić information content (AvgIpc) is 2.89. The first-order valence-electron chi connectivity index (χ1n) is 8.55. The van der Waals surface area contributed by atoms with Crippen molar-refractivity contribution in [1.29, 1.82) is 0 Å². The van der Waals surface area contributed by atoms with Gasteiger partial charge in [-0.05, 0) is 18.9 Å². The van der Waals surface area contributed by atoms with Gasteiger partial charge in [0.1, 0.15) is 11.3 Å². The van der Waals surface area contributed by atoms with Crippen LogP contribution in [0.4, 0.5) is 4.79 Å². The van der Waals surface area contributed by atoms with Crippen LogP contribution in [0.25, 0.3) is 0 Å². The average molecular weight is 361 g/mol. The number of rotatable bonds is 5. The van der Waals surface area contributed by atoms with Crippen molar-refractivity contribution < 1.29 is 23.8 Å². The minimum atomic E-state index is -0.797. The lowest BCUT2D eigenvalue weighted by Gasteiger charge is -2.29. The van der Waals surface area contributed by atoms with Crippen molar-refractivity contribution in [3.05, 3.63) is 17.7 Å². The number of nitrogens with one attached hydrogen (secondary N) is 1. The lowest BCUT2D eigenvalue weighted by Crippen LogP contribution is -2.48. The first-order valence-corrected chi connectivity index (χ1v) is 8.55. The molecule has 1 aromatic rings. The molecule has 1 heterocycles. The van der Waals surface area contributed by atoms with Crippen LogP contribution in [0.1, 0.15) is 37.7 Å². The minimum absolute atomic E-state index is 0.294. The van der Waals surface area contributed by atoms with Gasteiger partial charge in [-0.3, -0.25) is 4.79 Å². The third kappa shape index (κ3) is 3.07. The monoisotopic (exact) mass is 361 g/mol. The molecule has 2 aliphatic rings. The Labute approximate surface area is 152 Å². The van der Waals surface area contributed by atoms with Gasteiger partial charge in [-0.15, -0.1) is 5.01 Å². The van der Waals surface area contributed by atoms with Gasteiger partial charge in [-0.2, -0.15) is 5.10 Å². The van der Waals surface area contributed by atoms with Gasteiger partial charge >= 0.3 is 6.03 Å². The number of urea groups is 1. The molecule has 26 heavy (non-hydrogen) atoms. The fourth-order valence-corrected chi connectivity index (χ4v) is 3.48. The normalized spacial score (nSPS) is 19.1. The fraction of sp³-hybridized carbons (Fsp3) is 0.500. The maximum absolute atomic E-state index is 12.7. The topological polar surface area (TPSA) is 89.5 Å². The number of hydrazone groups is 1. The molecule has 8 heteroatoms. The molecular formula is C18H23N3O5. The Hall–Kier alpha value is -2.77. The second-order valence-corrected chi connectivity index (χ2v) is 6.38. The Morgan fingerprint density at radius 1 is 1.00 bits per heavy atom. The predicted molar refractivity (Wildman–Crippen MR) is 94.9 cm³/mol. The summed E-state index contributed by atoms with van der Waals surface area (Å²) in [6, 6.07) is 2.85. The van der Waals surface area contributed by atoms with E-state index in [0.717, 1.165) is 24.3 Å². The molecule has 0 radical (unpaired) electrons. The highest BCUT2D eigenvalue weighted by Crippen LogP contribution is 2.35. The smallest absolute Gasteiger partial charge is 0.346 e. The second kappa shape index (κ2) is 7.23. The second-order valence-electron chi connectivity index (χ2n) is 6.38. The van der Waals surface area contributed by atoms with Crippen LogP contribution in [0.3, 0.4) is 0 Å². The zero-order valence-electron chi connectivity index (χ0n) is 15.2. The van der Waals surface area contributed by atoms with Crippen molar-refractivity contribution in [3.8, 4) is 17.2 Å². The predicted octanol–water partition coefficient (Wildman–Crippen LogP) is 2.30. The van der Waals surface area contributed by atoms with Gasteiger partial charge in [0, 0.05) is 11.6 Å². The first kappa shape index (κ1) is 18.0. The maximum atomic E-state index is 12.7. The summed E-state index contributed by atoms with van der Waals surface area (Å²) < 4.78 is 15.9. The number of hydrogen-bond acceptors (Lipinski definition) is 6. The highest BCUT2D eigenvalue weighted by atomic mass is 16.5. The Morgan fingerprint density at radius 3 is 2.23 bits per heavy atom. The third-order valence-electron chi connectivity index (χ3n) is 4.90. The lowest BCUT2D eigenvalue weighted by atomic mass is 9.82. The zero-order chi connectivity index (χ0) is 18.7. The van der Waals surface area contributed by atoms with Crippen LogP contribution in [0, 0.1) is 0 Å². The van der Waals surface area contributed by atoms with Crippen molar-refractivity contribution in [2.75, 3.05) is 21.3 Å². The highest BCUT2D eigenvalue weighted by Gasteiger charge is 2.51. The molecular weight excluding hydrogens is 338 g/mol. The summed E-state index contributed by atoms with van der Waals surface area (Å²) in [5.74, 6) is 1.21. The van der Waals surface area contributed by atoms with Gasteiger partial charge in [0.25, 0.3) is 5.91 Å². The van der Waals surface area contributed by atoms with Gasteiger partial charge in [0.05, 0.1) is 27.5 Å². The zero-order valence-corrected chi connectivity index (χ0v) is 15.2. The van der Waals surface area contributed by atoms with Gasteiger partial charge in [-0.25, -0.2) is 4.79 Å². The molecule has 1 aliphatic heterocycles. The van der Waals surface area contributed by atoms with Crippen LogP contribution in [0.5, 0.6) is 17.2 Å². The van der Waals surface area contributed by atoms with E-state index in [1.165, 1.54) is 27.5 Å². The number of benzene rings is 1. The Bertz CT molecular complexity index is 741. The molecule has 1 aliphatic carbocycles. The number of imide groups is 1. The van der Waals surface area contributed by atoms with Crippen LogP contribution >= 0.6 is 0 Å². The molecule has 1 spiro atoms. The molecule has 1 N–H and O–H groups in total. The number of carbonyl (C=O) groups is 2. The Kier molecular flexibility index (Phi) is 5.01. The summed E-state index contributed by atoms with van der Waals surface area (Å²) in [6.07, 6.45) is 5.66. The van der Waals surface area contributed by atoms with Crippen LogP contribution in [-0.2, 0) is 4.79 Å². The number of amides is 3. The molecule has 0 bridgehead atoms. The molecule has 1 saturated heterocycles. The summed E-state index contributed by atoms with van der Waals surface area (Å²) >= 11 is 0. The summed E-state index contributed by atoms with van der Waals surface area (Å²) in [6.45, 7) is 0. The van der Waals surface area contributed by atoms with E-state index in [1.807, 2.05) is 0 Å². The van der Waals surface area contributed by atoms with Gasteiger partial charge < -0.3 is 19.5 Å². The standard InChI is InChI=1S/C18H23N3O5/c1-24-13-10-15(26-3)14(25-2)9-12(13)11-19-21-16(22)18(20-17(21)23)7-5-4-6-8-18/h9-11H,4-8H2,1-3H3,(H,20,23). The summed E-state index contributed by atoms with van der Waals surface area (Å²) in [5, 5.41) is 7.84. The quantitative estimate of drug-likeness (QED) is 0.642. The number of methoxy groups -OCH3 is 3. The molecule has 1 aromatic carbocycles. The van der Waals surface area contributed by atoms with Crippen LogP contribution in [0.2, 0.25) is 0 Å². The lowest BCUT2D eigenvalue weighted by molar-refractivity contribution is -0.132. The van der Waals surface area contributed by atoms with Gasteiger partial charge in [0.2, 0.25) is 0 Å². The third-order valence-corrected chi connectivity index (χ3v) is 4.90. The van der Waals surface area contributed by atoms with E-state index in [1.54, 1.807) is 12.1 Å². The van der Waals surface area contributed by atoms with E-state index in [0.29, 0.717) is 35.7 Å². The molecule has 0 aromatic heterocycles. The van der Waals surface area contributed by atoms with Gasteiger partial charge in [-0.1, -0.05) is 19.3 Å². The van der Waals surface area contributed by atoms with Crippen molar-refractivity contribution in [1.82, 2.24) is 10.3 Å². The largest absolute Gasteiger partial charge is 0.496 e. The first-order chi connectivity index (χ1) is 12.5. The summed E-state index contributed by atoms with van der Waals surface area (Å²) in [7, 11) is 4.57. The molecule has 1 saturated carbocycles. The summed E-state index contributed by atoms with van der Waals surface area (Å²) in [5.41, 5.74) is -0.232. The summed E-state index contributed by atoms with van der Waals surface area (Å²) in [4.78, 5) is 25.0. The maximum Gasteiger partial charge on any atom is 0.346 e. The van der Waals surface area contributed by atoms with Crippen LogP contribution < -0.4 is 19.5 Å². The number of carbonyl (C=O) groups excluding carboxylic acids is 2. The van der Waals surface area contributed by atoms with Crippen molar-refractivity contribution >= 4 is 18.2 Å². The van der Waals surface area contributed by atoms with E-state index in [-0.39, 0.29) is 5.91 Å². The molecule has 0 unspecified atom stereocenters. The van der Waals surface area contributed by atoms with Crippen molar-refractivity contribution in [3.63, 3.8) is 0 Å². The van der Waals surface area contributed by atoms with E-state index >= 15 is 0 Å². The van der Waals surface area contributed by atoms with E-state index in [2.05, 4.69) is 10.4 Å². The highest BCUT2D eigenvalue weighted by molar-refractivity contribution is 6.07. The van der Waals surface area contributed by atoms with E-state index < -0.39 is 11.6 Å². The molecule has 3 rings (SSSR count). The van der Waals surface area contributed by atoms with E-state index in [9.17, 15) is 9.59 Å². The molecule has 2 fully saturated rings. The molecule has 3 amide bonds. The number of nitrogens with zero attached hydrogens (tertiary/aromatic N) is 2. The molecule has 0 atom stereocenters. The number of hydrogen-bond donors (Lipinski definition) is 1. The van der Waals surface area contributed by atoms with Crippen molar-refractivity contribution in [2.24, 2.45) is 5.10 Å². The number of ether oxygens (including phenoxy) is 3. The molecule has 8 nitrogen and oxygen atoms in total. The fourth-order valence-electron chi connectivity index (χ4n) is 3.48. The Balaban J connectivity index is 1.87.